The number of benzene rings is 2. The van der Waals surface area contributed by atoms with E-state index < -0.39 is 0 Å². The molecule has 1 amide bonds. The molecule has 150 valence electrons. The molecule has 0 spiro atoms. The molecule has 0 bridgehead atoms. The van der Waals surface area contributed by atoms with Crippen LogP contribution in [-0.4, -0.2) is 27.4 Å². The number of thioether (sulfide) groups is 2. The summed E-state index contributed by atoms with van der Waals surface area (Å²) in [6.07, 6.45) is 0. The van der Waals surface area contributed by atoms with Gasteiger partial charge in [0.1, 0.15) is 22.5 Å². The first-order valence-corrected chi connectivity index (χ1v) is 11.5. The molecule has 30 heavy (non-hydrogen) atoms. The van der Waals surface area contributed by atoms with Gasteiger partial charge in [0.2, 0.25) is 5.91 Å². The molecule has 7 heteroatoms. The minimum absolute atomic E-state index is 0.000545. The lowest BCUT2D eigenvalue weighted by Crippen LogP contribution is -2.39. The summed E-state index contributed by atoms with van der Waals surface area (Å²) in [5.41, 5.74) is 3.13. The van der Waals surface area contributed by atoms with Crippen molar-refractivity contribution in [1.29, 1.82) is 5.26 Å². The van der Waals surface area contributed by atoms with Gasteiger partial charge >= 0.3 is 0 Å². The van der Waals surface area contributed by atoms with E-state index in [9.17, 15) is 10.1 Å². The molecule has 0 radical (unpaired) electrons. The van der Waals surface area contributed by atoms with E-state index in [0.717, 1.165) is 21.9 Å². The lowest BCUT2D eigenvalue weighted by atomic mass is 10.1. The van der Waals surface area contributed by atoms with Gasteiger partial charge in [0.05, 0.1) is 23.2 Å². The van der Waals surface area contributed by atoms with Crippen LogP contribution in [0.3, 0.4) is 0 Å². The van der Waals surface area contributed by atoms with Gasteiger partial charge in [-0.2, -0.15) is 5.26 Å². The number of para-hydroxylation sites is 1. The number of carbonyl (C=O) groups is 1. The lowest BCUT2D eigenvalue weighted by molar-refractivity contribution is -0.116. The third-order valence-electron chi connectivity index (χ3n) is 4.90. The van der Waals surface area contributed by atoms with Crippen molar-refractivity contribution in [3.8, 4) is 6.07 Å². The Bertz CT molecular complexity index is 1130. The van der Waals surface area contributed by atoms with Crippen molar-refractivity contribution in [3.05, 3.63) is 77.2 Å². The topological polar surface area (TPSA) is 69.9 Å². The van der Waals surface area contributed by atoms with E-state index in [0.29, 0.717) is 22.1 Å². The van der Waals surface area contributed by atoms with Crippen LogP contribution < -0.4 is 4.90 Å². The van der Waals surface area contributed by atoms with Crippen molar-refractivity contribution in [1.82, 2.24) is 9.97 Å². The van der Waals surface area contributed by atoms with Crippen molar-refractivity contribution < 1.29 is 4.79 Å². The summed E-state index contributed by atoms with van der Waals surface area (Å²) >= 11 is 3.07. The van der Waals surface area contributed by atoms with E-state index in [4.69, 9.17) is 0 Å². The Kier molecular flexibility index (Phi) is 6.07. The van der Waals surface area contributed by atoms with Crippen LogP contribution in [0.1, 0.15) is 28.7 Å². The molecule has 1 atom stereocenters. The van der Waals surface area contributed by atoms with Gasteiger partial charge in [0.15, 0.2) is 0 Å². The molecule has 5 nitrogen and oxygen atoms in total. The van der Waals surface area contributed by atoms with E-state index in [1.165, 1.54) is 11.8 Å². The fraction of sp³-hybridized carbons (Fsp3) is 0.217. The standard InChI is InChI=1S/C23H20N4OS2/c1-15-18(12-24)23(26-16(2)25-15)30-14-22(28)27-19-10-6-7-11-21(19)29-13-20(27)17-8-4-3-5-9-17/h3-11,20H,13-14H2,1-2H3. The maximum absolute atomic E-state index is 13.5. The monoisotopic (exact) mass is 432 g/mol. The zero-order chi connectivity index (χ0) is 21.1. The third-order valence-corrected chi connectivity index (χ3v) is 7.00. The highest BCUT2D eigenvalue weighted by atomic mass is 32.2. The third kappa shape index (κ3) is 4.07. The van der Waals surface area contributed by atoms with Gasteiger partial charge in [-0.3, -0.25) is 4.79 Å². The molecule has 1 aliphatic rings. The molecule has 0 N–H and O–H groups in total. The molecule has 2 heterocycles. The van der Waals surface area contributed by atoms with E-state index in [1.807, 2.05) is 41.3 Å². The van der Waals surface area contributed by atoms with Crippen molar-refractivity contribution in [2.45, 2.75) is 29.8 Å². The van der Waals surface area contributed by atoms with Crippen LogP contribution >= 0.6 is 23.5 Å². The number of amides is 1. The van der Waals surface area contributed by atoms with Crippen molar-refractivity contribution in [2.75, 3.05) is 16.4 Å². The summed E-state index contributed by atoms with van der Waals surface area (Å²) in [6.45, 7) is 3.59. The largest absolute Gasteiger partial charge is 0.302 e. The quantitative estimate of drug-likeness (QED) is 0.430. The normalized spacial score (nSPS) is 15.4. The number of nitrogens with zero attached hydrogens (tertiary/aromatic N) is 4. The Morgan fingerprint density at radius 3 is 2.67 bits per heavy atom. The Morgan fingerprint density at radius 2 is 1.90 bits per heavy atom. The predicted molar refractivity (Wildman–Crippen MR) is 121 cm³/mol. The average molecular weight is 433 g/mol. The smallest absolute Gasteiger partial charge is 0.238 e. The molecular weight excluding hydrogens is 412 g/mol. The summed E-state index contributed by atoms with van der Waals surface area (Å²) < 4.78 is 0. The molecule has 4 rings (SSSR count). The first-order valence-electron chi connectivity index (χ1n) is 9.55. The van der Waals surface area contributed by atoms with Gasteiger partial charge < -0.3 is 4.90 Å². The number of fused-ring (bicyclic) bond motifs is 1. The van der Waals surface area contributed by atoms with Crippen molar-refractivity contribution >= 4 is 35.1 Å². The zero-order valence-corrected chi connectivity index (χ0v) is 18.3. The molecule has 0 saturated heterocycles. The summed E-state index contributed by atoms with van der Waals surface area (Å²) in [4.78, 5) is 25.1. The molecule has 3 aromatic rings. The van der Waals surface area contributed by atoms with E-state index in [1.54, 1.807) is 25.6 Å². The highest BCUT2D eigenvalue weighted by molar-refractivity contribution is 8.00. The second-order valence-corrected chi connectivity index (χ2v) is 8.93. The second kappa shape index (κ2) is 8.90. The fourth-order valence-electron chi connectivity index (χ4n) is 3.53. The highest BCUT2D eigenvalue weighted by Gasteiger charge is 2.32. The average Bonchev–Trinajstić information content (AvgIpc) is 2.77. The predicted octanol–water partition coefficient (Wildman–Crippen LogP) is 4.94. The van der Waals surface area contributed by atoms with Crippen LogP contribution in [0, 0.1) is 25.2 Å². The van der Waals surface area contributed by atoms with Crippen molar-refractivity contribution in [3.63, 3.8) is 0 Å². The lowest BCUT2D eigenvalue weighted by Gasteiger charge is -2.37. The number of nitriles is 1. The number of carbonyl (C=O) groups excluding carboxylic acids is 1. The first-order chi connectivity index (χ1) is 14.6. The minimum atomic E-state index is -0.0384. The maximum Gasteiger partial charge on any atom is 0.238 e. The fourth-order valence-corrected chi connectivity index (χ4v) is 5.63. The van der Waals surface area contributed by atoms with Gasteiger partial charge in [-0.05, 0) is 31.5 Å². The van der Waals surface area contributed by atoms with E-state index >= 15 is 0 Å². The second-order valence-electron chi connectivity index (χ2n) is 6.91. The van der Waals surface area contributed by atoms with Crippen molar-refractivity contribution in [2.24, 2.45) is 0 Å². The van der Waals surface area contributed by atoms with E-state index in [-0.39, 0.29) is 17.7 Å². The molecule has 0 saturated carbocycles. The van der Waals surface area contributed by atoms with Crippen LogP contribution in [0.4, 0.5) is 5.69 Å². The Labute approximate surface area is 184 Å². The van der Waals surface area contributed by atoms with Crippen LogP contribution in [0.2, 0.25) is 0 Å². The van der Waals surface area contributed by atoms with Gasteiger partial charge in [0.25, 0.3) is 0 Å². The van der Waals surface area contributed by atoms with Gasteiger partial charge in [-0.15, -0.1) is 11.8 Å². The molecular formula is C23H20N4OS2. The van der Waals surface area contributed by atoms with E-state index in [2.05, 4.69) is 34.2 Å². The Morgan fingerprint density at radius 1 is 1.17 bits per heavy atom. The summed E-state index contributed by atoms with van der Waals surface area (Å²) in [7, 11) is 0. The minimum Gasteiger partial charge on any atom is -0.302 e. The number of aryl methyl sites for hydroxylation is 2. The molecule has 1 unspecified atom stereocenters. The van der Waals surface area contributed by atoms with Crippen LogP contribution in [0.25, 0.3) is 0 Å². The Balaban J connectivity index is 1.65. The molecule has 0 aliphatic carbocycles. The van der Waals surface area contributed by atoms with Crippen LogP contribution in [0.5, 0.6) is 0 Å². The number of hydrogen-bond donors (Lipinski definition) is 0. The molecule has 0 fully saturated rings. The van der Waals surface area contributed by atoms with Gasteiger partial charge in [0, 0.05) is 10.6 Å². The van der Waals surface area contributed by atoms with Crippen LogP contribution in [-0.2, 0) is 4.79 Å². The Hall–Kier alpha value is -2.82. The van der Waals surface area contributed by atoms with Crippen LogP contribution in [0.15, 0.2) is 64.5 Å². The van der Waals surface area contributed by atoms with Gasteiger partial charge in [-0.25, -0.2) is 9.97 Å². The summed E-state index contributed by atoms with van der Waals surface area (Å²) in [5, 5.41) is 10.0. The number of rotatable bonds is 4. The molecule has 2 aromatic carbocycles. The number of hydrogen-bond acceptors (Lipinski definition) is 6. The highest BCUT2D eigenvalue weighted by Crippen LogP contribution is 2.43. The zero-order valence-electron chi connectivity index (χ0n) is 16.7. The number of anilines is 1. The SMILES string of the molecule is Cc1nc(C)c(C#N)c(SCC(=O)N2c3ccccc3SCC2c2ccccc2)n1. The summed E-state index contributed by atoms with van der Waals surface area (Å²) in [5.74, 6) is 1.60. The maximum atomic E-state index is 13.5. The molecule has 1 aromatic heterocycles. The molecule has 1 aliphatic heterocycles. The number of aromatic nitrogens is 2. The summed E-state index contributed by atoms with van der Waals surface area (Å²) in [6, 6.07) is 20.3. The van der Waals surface area contributed by atoms with Gasteiger partial charge in [-0.1, -0.05) is 54.2 Å². The first kappa shape index (κ1) is 20.5.